The molecule has 1 unspecified atom stereocenters. The lowest BCUT2D eigenvalue weighted by Gasteiger charge is -2.39. The molecule has 0 saturated carbocycles. The minimum atomic E-state index is -1.10. The fourth-order valence-corrected chi connectivity index (χ4v) is 4.39. The summed E-state index contributed by atoms with van der Waals surface area (Å²) in [5.74, 6) is -1.02. The van der Waals surface area contributed by atoms with Gasteiger partial charge in [-0.3, -0.25) is 14.4 Å². The van der Waals surface area contributed by atoms with Gasteiger partial charge in [-0.15, -0.1) is 0 Å². The maximum atomic E-state index is 13.9. The summed E-state index contributed by atoms with van der Waals surface area (Å²) >= 11 is 0. The predicted molar refractivity (Wildman–Crippen MR) is 123 cm³/mol. The molecule has 0 fully saturated rings. The maximum Gasteiger partial charge on any atom is 0.312 e. The Morgan fingerprint density at radius 2 is 1.88 bits per heavy atom. The molecule has 2 aliphatic rings. The van der Waals surface area contributed by atoms with Crippen LogP contribution >= 0.6 is 0 Å². The Hall–Kier alpha value is -3.42. The number of fused-ring (bicyclic) bond motifs is 2. The number of aromatic nitrogens is 2. The Labute approximate surface area is 193 Å². The van der Waals surface area contributed by atoms with Gasteiger partial charge >= 0.3 is 5.97 Å². The summed E-state index contributed by atoms with van der Waals surface area (Å²) in [5.41, 5.74) is 2.43. The number of benzene rings is 1. The second-order valence-corrected chi connectivity index (χ2v) is 9.65. The van der Waals surface area contributed by atoms with E-state index >= 15 is 0 Å². The molecule has 1 aromatic heterocycles. The van der Waals surface area contributed by atoms with Crippen molar-refractivity contribution in [2.45, 2.75) is 46.3 Å². The normalized spacial score (nSPS) is 22.2. The molecule has 0 radical (unpaired) electrons. The second kappa shape index (κ2) is 8.17. The first-order chi connectivity index (χ1) is 15.5. The number of carbonyl (C=O) groups excluding carboxylic acids is 3. The Kier molecular flexibility index (Phi) is 5.64. The van der Waals surface area contributed by atoms with Crippen molar-refractivity contribution in [1.82, 2.24) is 20.2 Å². The van der Waals surface area contributed by atoms with Gasteiger partial charge in [0.1, 0.15) is 11.5 Å². The van der Waals surface area contributed by atoms with Gasteiger partial charge < -0.3 is 19.9 Å². The number of hydrogen-bond acceptors (Lipinski definition) is 6. The van der Waals surface area contributed by atoms with E-state index in [1.165, 1.54) is 0 Å². The molecule has 174 valence electrons. The summed E-state index contributed by atoms with van der Waals surface area (Å²) in [6.45, 7) is 7.13. The number of ether oxygens (including phenoxy) is 1. The summed E-state index contributed by atoms with van der Waals surface area (Å²) in [4.78, 5) is 44.3. The quantitative estimate of drug-likeness (QED) is 0.696. The minimum absolute atomic E-state index is 0.263. The molecule has 0 bridgehead atoms. The van der Waals surface area contributed by atoms with Crippen molar-refractivity contribution in [3.8, 4) is 0 Å². The molecule has 1 aliphatic heterocycles. The lowest BCUT2D eigenvalue weighted by molar-refractivity contribution is -0.164. The molecule has 8 nitrogen and oxygen atoms in total. The van der Waals surface area contributed by atoms with Crippen molar-refractivity contribution in [2.75, 3.05) is 7.05 Å². The molecule has 33 heavy (non-hydrogen) atoms. The van der Waals surface area contributed by atoms with Gasteiger partial charge in [0.05, 0.1) is 23.1 Å². The monoisotopic (exact) mass is 450 g/mol. The molecule has 2 N–H and O–H groups in total. The zero-order chi connectivity index (χ0) is 24.1. The van der Waals surface area contributed by atoms with Crippen LogP contribution < -0.4 is 10.6 Å². The highest BCUT2D eigenvalue weighted by atomic mass is 16.5. The van der Waals surface area contributed by atoms with Crippen molar-refractivity contribution >= 4 is 23.4 Å². The number of imidazole rings is 1. The standard InChI is InChI=1S/C25H30N4O4/c1-13-27-19-16(29(13)6)12-15(23(31)26-5)17-20(19)28-18(14-10-8-7-9-11-14)22(21(17)30)33-24(32)25(2,3)4/h7-11,15,18,22,28H,12H2,1-6H3,(H,26,31)/t15?,18-,22-/m1/s1. The summed E-state index contributed by atoms with van der Waals surface area (Å²) in [6, 6.07) is 8.80. The largest absolute Gasteiger partial charge is 0.451 e. The summed E-state index contributed by atoms with van der Waals surface area (Å²) in [6.07, 6.45) is -0.759. The smallest absolute Gasteiger partial charge is 0.312 e. The van der Waals surface area contributed by atoms with Crippen LogP contribution in [0.2, 0.25) is 0 Å². The van der Waals surface area contributed by atoms with Crippen LogP contribution in [-0.2, 0) is 32.6 Å². The molecule has 8 heteroatoms. The van der Waals surface area contributed by atoms with E-state index in [9.17, 15) is 14.4 Å². The van der Waals surface area contributed by atoms with Gasteiger partial charge in [-0.25, -0.2) is 4.98 Å². The lowest BCUT2D eigenvalue weighted by atomic mass is 9.77. The number of nitrogens with zero attached hydrogens (tertiary/aromatic N) is 2. The van der Waals surface area contributed by atoms with E-state index in [2.05, 4.69) is 10.6 Å². The average Bonchev–Trinajstić information content (AvgIpc) is 3.07. The molecule has 1 amide bonds. The number of nitrogens with one attached hydrogen (secondary N) is 2. The number of esters is 1. The van der Waals surface area contributed by atoms with Gasteiger partial charge in [0.15, 0.2) is 6.10 Å². The molecular weight excluding hydrogens is 420 g/mol. The fraction of sp³-hybridized carbons (Fsp3) is 0.440. The zero-order valence-electron chi connectivity index (χ0n) is 19.9. The van der Waals surface area contributed by atoms with Crippen LogP contribution in [0.3, 0.4) is 0 Å². The van der Waals surface area contributed by atoms with E-state index in [0.29, 0.717) is 23.4 Å². The first kappa shape index (κ1) is 22.8. The van der Waals surface area contributed by atoms with Crippen LogP contribution in [-0.4, -0.2) is 40.4 Å². The topological polar surface area (TPSA) is 102 Å². The van der Waals surface area contributed by atoms with Crippen LogP contribution in [0.4, 0.5) is 0 Å². The van der Waals surface area contributed by atoms with Gasteiger partial charge in [0.25, 0.3) is 0 Å². The SMILES string of the molecule is CNC(=O)C1Cc2c(nc(C)n2C)C2=C1C(=O)[C@H](OC(=O)C(C)(C)C)[C@@H](c1ccccc1)N2. The third-order valence-electron chi connectivity index (χ3n) is 6.38. The first-order valence-electron chi connectivity index (χ1n) is 11.1. The van der Waals surface area contributed by atoms with Crippen molar-refractivity contribution in [1.29, 1.82) is 0 Å². The number of carbonyl (C=O) groups is 3. The number of Topliss-reactive ketones (excluding diaryl/α,β-unsaturated/α-hetero) is 1. The first-order valence-corrected chi connectivity index (χ1v) is 11.1. The summed E-state index contributed by atoms with van der Waals surface area (Å²) < 4.78 is 7.77. The van der Waals surface area contributed by atoms with E-state index in [4.69, 9.17) is 9.72 Å². The Bertz CT molecular complexity index is 1160. The average molecular weight is 451 g/mol. The van der Waals surface area contributed by atoms with Gasteiger partial charge in [0.2, 0.25) is 11.7 Å². The Morgan fingerprint density at radius 3 is 2.48 bits per heavy atom. The predicted octanol–water partition coefficient (Wildman–Crippen LogP) is 2.23. The third-order valence-corrected chi connectivity index (χ3v) is 6.38. The van der Waals surface area contributed by atoms with Crippen LogP contribution in [0.1, 0.15) is 49.6 Å². The van der Waals surface area contributed by atoms with Gasteiger partial charge in [-0.1, -0.05) is 30.3 Å². The number of amides is 1. The fourth-order valence-electron chi connectivity index (χ4n) is 4.39. The van der Waals surface area contributed by atoms with Crippen molar-refractivity contribution in [3.05, 3.63) is 58.7 Å². The molecule has 3 atom stereocenters. The second-order valence-electron chi connectivity index (χ2n) is 9.65. The molecule has 1 aliphatic carbocycles. The van der Waals surface area contributed by atoms with Crippen molar-refractivity contribution in [2.24, 2.45) is 18.4 Å². The highest BCUT2D eigenvalue weighted by molar-refractivity contribution is 6.12. The van der Waals surface area contributed by atoms with Crippen molar-refractivity contribution < 1.29 is 19.1 Å². The molecule has 4 rings (SSSR count). The van der Waals surface area contributed by atoms with E-state index in [1.54, 1.807) is 27.8 Å². The van der Waals surface area contributed by atoms with Crippen molar-refractivity contribution in [3.63, 3.8) is 0 Å². The molecular formula is C25H30N4O4. The molecule has 1 aromatic carbocycles. The highest BCUT2D eigenvalue weighted by Crippen LogP contribution is 2.41. The third kappa shape index (κ3) is 3.83. The number of ketones is 1. The van der Waals surface area contributed by atoms with Gasteiger partial charge in [-0.05, 0) is 33.3 Å². The Morgan fingerprint density at radius 1 is 1.21 bits per heavy atom. The number of rotatable bonds is 3. The number of hydrogen-bond donors (Lipinski definition) is 2. The summed E-state index contributed by atoms with van der Waals surface area (Å²) in [7, 11) is 3.46. The highest BCUT2D eigenvalue weighted by Gasteiger charge is 2.48. The van der Waals surface area contributed by atoms with Crippen LogP contribution in [0.15, 0.2) is 35.9 Å². The Balaban J connectivity index is 1.89. The lowest BCUT2D eigenvalue weighted by Crippen LogP contribution is -2.50. The van der Waals surface area contributed by atoms with E-state index in [-0.39, 0.29) is 11.7 Å². The van der Waals surface area contributed by atoms with Crippen LogP contribution in [0.25, 0.3) is 5.70 Å². The maximum absolute atomic E-state index is 13.9. The molecule has 2 heterocycles. The van der Waals surface area contributed by atoms with E-state index in [1.807, 2.05) is 48.9 Å². The zero-order valence-corrected chi connectivity index (χ0v) is 19.9. The van der Waals surface area contributed by atoms with Crippen LogP contribution in [0.5, 0.6) is 0 Å². The summed E-state index contributed by atoms with van der Waals surface area (Å²) in [5, 5.41) is 6.12. The van der Waals surface area contributed by atoms with E-state index in [0.717, 1.165) is 17.1 Å². The van der Waals surface area contributed by atoms with Gasteiger partial charge in [-0.2, -0.15) is 0 Å². The molecule has 0 spiro atoms. The molecule has 2 aromatic rings. The molecule has 0 saturated heterocycles. The number of aryl methyl sites for hydroxylation is 1. The minimum Gasteiger partial charge on any atom is -0.451 e. The van der Waals surface area contributed by atoms with Crippen LogP contribution in [0, 0.1) is 18.3 Å². The van der Waals surface area contributed by atoms with E-state index < -0.39 is 29.4 Å². The van der Waals surface area contributed by atoms with Gasteiger partial charge in [0, 0.05) is 31.8 Å².